The maximum atomic E-state index is 15.4. The van der Waals surface area contributed by atoms with Crippen molar-refractivity contribution >= 4 is 45.8 Å². The SMILES string of the molecule is C#Cc1c(F)ccc2cc(O)cc(N3Cc4nc(OC[C@]5(C)C[C@@H](F)CN5c5ccc(N6CCOC[C@H]6C)nc5)nc(NCC5(N(C)C(=O)C=C)CCCC5)c4OC3=O)c12. The number of amides is 2. The van der Waals surface area contributed by atoms with E-state index in [0.29, 0.717) is 18.6 Å². The Balaban J connectivity index is 1.13. The molecule has 0 bridgehead atoms. The Kier molecular flexibility index (Phi) is 10.9. The number of fused-ring (bicyclic) bond motifs is 2. The molecule has 3 aliphatic heterocycles. The van der Waals surface area contributed by atoms with E-state index in [0.717, 1.165) is 43.7 Å². The number of nitrogens with zero attached hydrogens (tertiary/aromatic N) is 7. The summed E-state index contributed by atoms with van der Waals surface area (Å²) in [7, 11) is 1.74. The van der Waals surface area contributed by atoms with Gasteiger partial charge in [0.05, 0.1) is 66.6 Å². The van der Waals surface area contributed by atoms with Gasteiger partial charge >= 0.3 is 12.1 Å². The number of aromatic hydroxyl groups is 1. The predicted molar refractivity (Wildman–Crippen MR) is 223 cm³/mol. The number of morpholine rings is 1. The minimum Gasteiger partial charge on any atom is -0.508 e. The first-order valence-electron chi connectivity index (χ1n) is 20.1. The van der Waals surface area contributed by atoms with Crippen molar-refractivity contribution in [1.29, 1.82) is 0 Å². The lowest BCUT2D eigenvalue weighted by molar-refractivity contribution is -0.129. The van der Waals surface area contributed by atoms with Crippen molar-refractivity contribution in [2.75, 3.05) is 66.5 Å². The number of benzene rings is 2. The summed E-state index contributed by atoms with van der Waals surface area (Å²) in [6, 6.07) is 9.39. The lowest BCUT2D eigenvalue weighted by Gasteiger charge is -2.39. The summed E-state index contributed by atoms with van der Waals surface area (Å²) in [5.74, 6) is 2.31. The van der Waals surface area contributed by atoms with E-state index >= 15 is 8.78 Å². The molecule has 2 amide bonds. The molecule has 2 N–H and O–H groups in total. The van der Waals surface area contributed by atoms with Gasteiger partial charge in [-0.3, -0.25) is 9.69 Å². The Morgan fingerprint density at radius 1 is 1.23 bits per heavy atom. The molecule has 2 aromatic heterocycles. The number of pyridine rings is 1. The van der Waals surface area contributed by atoms with Gasteiger partial charge in [-0.2, -0.15) is 9.97 Å². The van der Waals surface area contributed by atoms with Gasteiger partial charge < -0.3 is 39.3 Å². The maximum Gasteiger partial charge on any atom is 0.420 e. The van der Waals surface area contributed by atoms with Crippen molar-refractivity contribution in [3.63, 3.8) is 0 Å². The number of carbonyl (C=O) groups is 2. The number of hydrogen-bond acceptors (Lipinski definition) is 12. The average Bonchev–Trinajstić information content (AvgIpc) is 3.85. The number of phenolic OH excluding ortho intramolecular Hbond substituents is 1. The average molecular weight is 823 g/mol. The van der Waals surface area contributed by atoms with Gasteiger partial charge in [0.15, 0.2) is 11.6 Å². The molecule has 2 aromatic carbocycles. The Morgan fingerprint density at radius 3 is 2.75 bits per heavy atom. The summed E-state index contributed by atoms with van der Waals surface area (Å²) < 4.78 is 48.3. The molecule has 3 fully saturated rings. The van der Waals surface area contributed by atoms with Crippen LogP contribution in [0.15, 0.2) is 55.3 Å². The molecule has 314 valence electrons. The zero-order chi connectivity index (χ0) is 42.3. The molecule has 1 saturated carbocycles. The van der Waals surface area contributed by atoms with Gasteiger partial charge in [0.1, 0.15) is 35.9 Å². The number of anilines is 4. The highest BCUT2D eigenvalue weighted by Gasteiger charge is 2.45. The summed E-state index contributed by atoms with van der Waals surface area (Å²) >= 11 is 0. The fourth-order valence-corrected chi connectivity index (χ4v) is 9.07. The standard InChI is InChI=1S/C44H48F2N8O6/c1-6-32-33(46)12-10-28-18-31(55)19-35(38(28)32)53-23-34-39(60-42(53)57)40(48-25-44(14-8-9-15-44)51(5)37(56)7-2)50-41(49-34)59-26-43(4)20-29(45)22-54(43)30-11-13-36(47-21-30)52-16-17-58-24-27(52)3/h1,7,10-13,18-19,21,27,29,55H,2,8-9,14-17,20,22-26H2,3-5H3,(H,48,49,50)/t27-,29-,43+/m1/s1. The van der Waals surface area contributed by atoms with Gasteiger partial charge in [0.2, 0.25) is 5.91 Å². The number of phenols is 1. The minimum atomic E-state index is -1.14. The van der Waals surface area contributed by atoms with Gasteiger partial charge in [0.25, 0.3) is 0 Å². The second-order valence-corrected chi connectivity index (χ2v) is 16.3. The van der Waals surface area contributed by atoms with Crippen LogP contribution in [0.4, 0.5) is 36.6 Å². The molecule has 14 nitrogen and oxygen atoms in total. The van der Waals surface area contributed by atoms with Crippen molar-refractivity contribution in [3.05, 3.63) is 72.3 Å². The zero-order valence-electron chi connectivity index (χ0n) is 33.9. The number of ether oxygens (including phenoxy) is 3. The Labute approximate surface area is 347 Å². The summed E-state index contributed by atoms with van der Waals surface area (Å²) in [6.45, 7) is 9.81. The molecule has 4 aliphatic rings. The Bertz CT molecular complexity index is 2370. The van der Waals surface area contributed by atoms with E-state index in [1.807, 2.05) is 24.0 Å². The van der Waals surface area contributed by atoms with Crippen molar-refractivity contribution in [3.8, 4) is 29.9 Å². The van der Waals surface area contributed by atoms with Crippen LogP contribution < -0.4 is 29.5 Å². The van der Waals surface area contributed by atoms with Crippen molar-refractivity contribution < 1.29 is 37.7 Å². The molecule has 0 spiro atoms. The van der Waals surface area contributed by atoms with Crippen molar-refractivity contribution in [2.24, 2.45) is 0 Å². The fourth-order valence-electron chi connectivity index (χ4n) is 9.07. The van der Waals surface area contributed by atoms with Gasteiger partial charge in [-0.25, -0.2) is 18.6 Å². The number of carbonyl (C=O) groups excluding carboxylic acids is 2. The van der Waals surface area contributed by atoms with E-state index in [1.165, 1.54) is 35.2 Å². The number of terminal acetylenes is 1. The number of aromatic nitrogens is 3. The number of likely N-dealkylation sites (N-methyl/N-ethyl adjacent to an activating group) is 1. The Hall–Kier alpha value is -6.21. The molecule has 1 aliphatic carbocycles. The van der Waals surface area contributed by atoms with Crippen LogP contribution in [-0.2, 0) is 16.1 Å². The van der Waals surface area contributed by atoms with Gasteiger partial charge in [0, 0.05) is 38.0 Å². The fraction of sp³-hybridized carbons (Fsp3) is 0.432. The maximum absolute atomic E-state index is 15.4. The van der Waals surface area contributed by atoms with Gasteiger partial charge in [-0.05, 0) is 62.4 Å². The smallest absolute Gasteiger partial charge is 0.420 e. The Morgan fingerprint density at radius 2 is 2.03 bits per heavy atom. The molecule has 8 rings (SSSR count). The van der Waals surface area contributed by atoms with E-state index in [-0.39, 0.29) is 90.3 Å². The van der Waals surface area contributed by atoms with Crippen LogP contribution in [0.2, 0.25) is 0 Å². The van der Waals surface area contributed by atoms with E-state index in [9.17, 15) is 14.7 Å². The third-order valence-electron chi connectivity index (χ3n) is 12.3. The van der Waals surface area contributed by atoms with E-state index < -0.39 is 29.2 Å². The van der Waals surface area contributed by atoms with Crippen molar-refractivity contribution in [1.82, 2.24) is 19.9 Å². The summed E-state index contributed by atoms with van der Waals surface area (Å²) in [5.41, 5.74) is -0.411. The zero-order valence-corrected chi connectivity index (χ0v) is 33.9. The lowest BCUT2D eigenvalue weighted by Crippen LogP contribution is -2.51. The first-order valence-corrected chi connectivity index (χ1v) is 20.1. The molecular weight excluding hydrogens is 775 g/mol. The first-order chi connectivity index (χ1) is 28.8. The summed E-state index contributed by atoms with van der Waals surface area (Å²) in [4.78, 5) is 47.9. The van der Waals surface area contributed by atoms with E-state index in [1.54, 1.807) is 18.1 Å². The topological polar surface area (TPSA) is 146 Å². The predicted octanol–water partition coefficient (Wildman–Crippen LogP) is 6.35. The summed E-state index contributed by atoms with van der Waals surface area (Å²) in [6.07, 6.45) is 10.2. The monoisotopic (exact) mass is 822 g/mol. The molecule has 3 atom stereocenters. The number of alkyl halides is 1. The molecular formula is C44H48F2N8O6. The highest BCUT2D eigenvalue weighted by molar-refractivity contribution is 6.06. The number of halogens is 2. The van der Waals surface area contributed by atoms with Crippen LogP contribution in [0.25, 0.3) is 10.8 Å². The van der Waals surface area contributed by atoms with E-state index in [4.69, 9.17) is 35.6 Å². The minimum absolute atomic E-state index is 0.0140. The third-order valence-corrected chi connectivity index (χ3v) is 12.3. The van der Waals surface area contributed by atoms with Gasteiger partial charge in [-0.15, -0.1) is 6.42 Å². The quantitative estimate of drug-likeness (QED) is 0.129. The van der Waals surface area contributed by atoms with Crippen LogP contribution in [0.1, 0.15) is 57.2 Å². The highest BCUT2D eigenvalue weighted by atomic mass is 19.1. The van der Waals surface area contributed by atoms with E-state index in [2.05, 4.69) is 29.6 Å². The van der Waals surface area contributed by atoms with Crippen LogP contribution in [-0.4, -0.2) is 107 Å². The lowest BCUT2D eigenvalue weighted by atomic mass is 9.95. The largest absolute Gasteiger partial charge is 0.508 e. The molecule has 5 heterocycles. The summed E-state index contributed by atoms with van der Waals surface area (Å²) in [5, 5.41) is 14.7. The first kappa shape index (κ1) is 40.6. The molecule has 60 heavy (non-hydrogen) atoms. The van der Waals surface area contributed by atoms with Crippen LogP contribution in [0, 0.1) is 18.2 Å². The van der Waals surface area contributed by atoms with Crippen LogP contribution >= 0.6 is 0 Å². The second-order valence-electron chi connectivity index (χ2n) is 16.3. The van der Waals surface area contributed by atoms with Crippen LogP contribution in [0.5, 0.6) is 17.5 Å². The van der Waals surface area contributed by atoms with Gasteiger partial charge in [-0.1, -0.05) is 31.4 Å². The number of nitrogens with one attached hydrogen (secondary N) is 1. The second kappa shape index (κ2) is 16.1. The number of rotatable bonds is 11. The molecule has 0 radical (unpaired) electrons. The molecule has 4 aromatic rings. The normalized spacial score (nSPS) is 22.3. The highest BCUT2D eigenvalue weighted by Crippen LogP contribution is 2.42. The molecule has 16 heteroatoms. The van der Waals surface area contributed by atoms with Crippen molar-refractivity contribution in [2.45, 2.75) is 75.8 Å². The van der Waals surface area contributed by atoms with Crippen LogP contribution in [0.3, 0.4) is 0 Å². The molecule has 2 saturated heterocycles. The number of hydrogen-bond donors (Lipinski definition) is 2. The third kappa shape index (κ3) is 7.46. The molecule has 0 unspecified atom stereocenters.